The maximum absolute atomic E-state index is 5.76. The van der Waals surface area contributed by atoms with Gasteiger partial charge in [-0.25, -0.2) is 0 Å². The molecule has 0 spiro atoms. The van der Waals surface area contributed by atoms with Crippen molar-refractivity contribution in [1.82, 2.24) is 4.90 Å². The minimum Gasteiger partial charge on any atom is -0.328 e. The highest BCUT2D eigenvalue weighted by Crippen LogP contribution is 2.12. The van der Waals surface area contributed by atoms with Gasteiger partial charge in [-0.2, -0.15) is 0 Å². The van der Waals surface area contributed by atoms with Crippen molar-refractivity contribution in [3.63, 3.8) is 0 Å². The highest BCUT2D eigenvalue weighted by molar-refractivity contribution is 4.78. The average Bonchev–Trinajstić information content (AvgIpc) is 1.80. The Balaban J connectivity index is 2.35. The van der Waals surface area contributed by atoms with E-state index in [9.17, 15) is 0 Å². The number of hydrogen-bond donors (Lipinski definition) is 1. The molecule has 1 aliphatic rings. The highest BCUT2D eigenvalue weighted by atomic mass is 15.1. The molecule has 1 saturated heterocycles. The Labute approximate surface area is 57.0 Å². The second kappa shape index (κ2) is 2.67. The van der Waals surface area contributed by atoms with Gasteiger partial charge in [0.15, 0.2) is 0 Å². The summed E-state index contributed by atoms with van der Waals surface area (Å²) in [6.07, 6.45) is 2.33. The SMILES string of the molecule is C[C@H]1CC(N)CCN1C. The molecule has 1 aliphatic heterocycles. The molecule has 1 heterocycles. The number of nitrogens with zero attached hydrogens (tertiary/aromatic N) is 1. The standard InChI is InChI=1S/C7H16N2/c1-6-5-7(8)3-4-9(6)2/h6-7H,3-5,8H2,1-2H3/t6-,7?/m0/s1. The van der Waals surface area contributed by atoms with E-state index in [0.717, 1.165) is 6.42 Å². The van der Waals surface area contributed by atoms with Gasteiger partial charge >= 0.3 is 0 Å². The first-order valence-corrected chi connectivity index (χ1v) is 3.66. The number of rotatable bonds is 0. The summed E-state index contributed by atoms with van der Waals surface area (Å²) >= 11 is 0. The van der Waals surface area contributed by atoms with Crippen LogP contribution in [0.15, 0.2) is 0 Å². The van der Waals surface area contributed by atoms with Crippen LogP contribution in [0.1, 0.15) is 19.8 Å². The van der Waals surface area contributed by atoms with E-state index in [0.29, 0.717) is 12.1 Å². The van der Waals surface area contributed by atoms with E-state index in [2.05, 4.69) is 18.9 Å². The lowest BCUT2D eigenvalue weighted by molar-refractivity contribution is 0.184. The van der Waals surface area contributed by atoms with Gasteiger partial charge in [0.25, 0.3) is 0 Å². The lowest BCUT2D eigenvalue weighted by Crippen LogP contribution is -2.43. The second-order valence-corrected chi connectivity index (χ2v) is 3.11. The molecule has 0 radical (unpaired) electrons. The molecule has 2 N–H and O–H groups in total. The van der Waals surface area contributed by atoms with Crippen LogP contribution in [0.4, 0.5) is 0 Å². The first-order valence-electron chi connectivity index (χ1n) is 3.66. The lowest BCUT2D eigenvalue weighted by Gasteiger charge is -2.33. The summed E-state index contributed by atoms with van der Waals surface area (Å²) in [6.45, 7) is 3.40. The van der Waals surface area contributed by atoms with Crippen LogP contribution in [-0.4, -0.2) is 30.6 Å². The summed E-state index contributed by atoms with van der Waals surface area (Å²) < 4.78 is 0. The summed E-state index contributed by atoms with van der Waals surface area (Å²) in [6, 6.07) is 1.14. The minimum absolute atomic E-state index is 0.455. The molecule has 9 heavy (non-hydrogen) atoms. The van der Waals surface area contributed by atoms with Crippen molar-refractivity contribution in [2.75, 3.05) is 13.6 Å². The predicted molar refractivity (Wildman–Crippen MR) is 39.3 cm³/mol. The molecule has 2 nitrogen and oxygen atoms in total. The summed E-state index contributed by atoms with van der Waals surface area (Å²) in [7, 11) is 2.16. The third-order valence-corrected chi connectivity index (χ3v) is 2.25. The van der Waals surface area contributed by atoms with Crippen LogP contribution in [-0.2, 0) is 0 Å². The molecule has 1 fully saturated rings. The molecule has 2 heteroatoms. The Morgan fingerprint density at radius 3 is 2.67 bits per heavy atom. The van der Waals surface area contributed by atoms with Crippen molar-refractivity contribution in [2.24, 2.45) is 5.73 Å². The van der Waals surface area contributed by atoms with Crippen LogP contribution < -0.4 is 5.73 Å². The topological polar surface area (TPSA) is 29.3 Å². The quantitative estimate of drug-likeness (QED) is 0.512. The van der Waals surface area contributed by atoms with Crippen molar-refractivity contribution in [3.05, 3.63) is 0 Å². The van der Waals surface area contributed by atoms with Crippen molar-refractivity contribution in [2.45, 2.75) is 31.8 Å². The summed E-state index contributed by atoms with van der Waals surface area (Å²) in [5, 5.41) is 0. The monoisotopic (exact) mass is 128 g/mol. The zero-order valence-electron chi connectivity index (χ0n) is 6.30. The molecular weight excluding hydrogens is 112 g/mol. The first kappa shape index (κ1) is 7.03. The van der Waals surface area contributed by atoms with Crippen LogP contribution in [0.3, 0.4) is 0 Å². The molecule has 0 saturated carbocycles. The first-order chi connectivity index (χ1) is 4.20. The van der Waals surface area contributed by atoms with Gasteiger partial charge in [-0.1, -0.05) is 0 Å². The largest absolute Gasteiger partial charge is 0.328 e. The summed E-state index contributed by atoms with van der Waals surface area (Å²) in [5.74, 6) is 0. The number of hydrogen-bond acceptors (Lipinski definition) is 2. The Kier molecular flexibility index (Phi) is 2.09. The van der Waals surface area contributed by atoms with E-state index < -0.39 is 0 Å². The second-order valence-electron chi connectivity index (χ2n) is 3.11. The molecule has 0 amide bonds. The fourth-order valence-corrected chi connectivity index (χ4v) is 1.33. The lowest BCUT2D eigenvalue weighted by atomic mass is 10.0. The van der Waals surface area contributed by atoms with E-state index >= 15 is 0 Å². The van der Waals surface area contributed by atoms with Crippen LogP contribution in [0.5, 0.6) is 0 Å². The fraction of sp³-hybridized carbons (Fsp3) is 1.00. The van der Waals surface area contributed by atoms with Gasteiger partial charge in [0.2, 0.25) is 0 Å². The Morgan fingerprint density at radius 1 is 1.56 bits per heavy atom. The molecule has 54 valence electrons. The van der Waals surface area contributed by atoms with Crippen LogP contribution in [0.25, 0.3) is 0 Å². The number of likely N-dealkylation sites (tertiary alicyclic amines) is 1. The zero-order chi connectivity index (χ0) is 6.85. The molecule has 0 aliphatic carbocycles. The number of nitrogens with two attached hydrogens (primary N) is 1. The van der Waals surface area contributed by atoms with E-state index in [-0.39, 0.29) is 0 Å². The van der Waals surface area contributed by atoms with Gasteiger partial charge in [-0.3, -0.25) is 0 Å². The van der Waals surface area contributed by atoms with Gasteiger partial charge in [0.05, 0.1) is 0 Å². The van der Waals surface area contributed by atoms with Crippen LogP contribution in [0.2, 0.25) is 0 Å². The Bertz CT molecular complexity index is 92.9. The van der Waals surface area contributed by atoms with Gasteiger partial charge < -0.3 is 10.6 Å². The van der Waals surface area contributed by atoms with Gasteiger partial charge in [-0.15, -0.1) is 0 Å². The van der Waals surface area contributed by atoms with E-state index in [1.807, 2.05) is 0 Å². The molecule has 1 unspecified atom stereocenters. The van der Waals surface area contributed by atoms with Crippen LogP contribution >= 0.6 is 0 Å². The highest BCUT2D eigenvalue weighted by Gasteiger charge is 2.18. The molecule has 1 rings (SSSR count). The van der Waals surface area contributed by atoms with E-state index in [1.165, 1.54) is 13.0 Å². The normalized spacial score (nSPS) is 39.0. The minimum atomic E-state index is 0.455. The summed E-state index contributed by atoms with van der Waals surface area (Å²) in [4.78, 5) is 2.36. The van der Waals surface area contributed by atoms with Crippen molar-refractivity contribution >= 4 is 0 Å². The maximum atomic E-state index is 5.76. The molecule has 0 aromatic carbocycles. The smallest absolute Gasteiger partial charge is 0.00786 e. The molecule has 0 bridgehead atoms. The Hall–Kier alpha value is -0.0800. The fourth-order valence-electron chi connectivity index (χ4n) is 1.33. The van der Waals surface area contributed by atoms with E-state index in [4.69, 9.17) is 5.73 Å². The van der Waals surface area contributed by atoms with Crippen molar-refractivity contribution in [1.29, 1.82) is 0 Å². The van der Waals surface area contributed by atoms with Gasteiger partial charge in [0.1, 0.15) is 0 Å². The average molecular weight is 128 g/mol. The third-order valence-electron chi connectivity index (χ3n) is 2.25. The number of piperidine rings is 1. The van der Waals surface area contributed by atoms with Crippen molar-refractivity contribution < 1.29 is 0 Å². The third kappa shape index (κ3) is 1.66. The zero-order valence-corrected chi connectivity index (χ0v) is 6.30. The van der Waals surface area contributed by atoms with Gasteiger partial charge in [0, 0.05) is 12.1 Å². The molecular formula is C7H16N2. The summed E-state index contributed by atoms with van der Waals surface area (Å²) in [5.41, 5.74) is 5.76. The van der Waals surface area contributed by atoms with Crippen molar-refractivity contribution in [3.8, 4) is 0 Å². The molecule has 0 aromatic rings. The maximum Gasteiger partial charge on any atom is 0.00786 e. The van der Waals surface area contributed by atoms with Crippen LogP contribution in [0, 0.1) is 0 Å². The van der Waals surface area contributed by atoms with E-state index in [1.54, 1.807) is 0 Å². The molecule has 0 aromatic heterocycles. The van der Waals surface area contributed by atoms with Gasteiger partial charge in [-0.05, 0) is 33.4 Å². The Morgan fingerprint density at radius 2 is 2.22 bits per heavy atom. The molecule has 2 atom stereocenters. The predicted octanol–water partition coefficient (Wildman–Crippen LogP) is 0.428.